The van der Waals surface area contributed by atoms with Crippen LogP contribution in [-0.2, 0) is 4.74 Å². The summed E-state index contributed by atoms with van der Waals surface area (Å²) in [5.41, 5.74) is 4.51. The van der Waals surface area contributed by atoms with Crippen LogP contribution in [0.25, 0.3) is 0 Å². The van der Waals surface area contributed by atoms with Gasteiger partial charge in [-0.2, -0.15) is 0 Å². The second-order valence-corrected chi connectivity index (χ2v) is 3.20. The Kier molecular flexibility index (Phi) is 3.28. The van der Waals surface area contributed by atoms with Crippen LogP contribution >= 0.6 is 11.6 Å². The molecule has 0 saturated carbocycles. The number of hydrogen-bond acceptors (Lipinski definition) is 5. The summed E-state index contributed by atoms with van der Waals surface area (Å²) in [6.45, 7) is -0.395. The van der Waals surface area contributed by atoms with Crippen molar-refractivity contribution in [2.75, 3.05) is 6.61 Å². The number of rotatable bonds is 1. The molecule has 5 unspecified atom stereocenters. The molecule has 0 bridgehead atoms. The third kappa shape index (κ3) is 1.71. The Morgan fingerprint density at radius 3 is 2.42 bits per heavy atom. The minimum absolute atomic E-state index is 0.395. The number of halogens is 1. The van der Waals surface area contributed by atoms with Gasteiger partial charge in [-0.15, -0.1) is 0 Å². The van der Waals surface area contributed by atoms with Crippen LogP contribution in [0.4, 0.5) is 0 Å². The van der Waals surface area contributed by atoms with E-state index in [0.717, 1.165) is 0 Å². The van der Waals surface area contributed by atoms with E-state index in [0.29, 0.717) is 0 Å². The van der Waals surface area contributed by atoms with Crippen molar-refractivity contribution in [2.24, 2.45) is 5.73 Å². The van der Waals surface area contributed by atoms with Gasteiger partial charge in [-0.05, 0) is 0 Å². The third-order valence-electron chi connectivity index (χ3n) is 1.91. The van der Waals surface area contributed by atoms with E-state index in [1.54, 1.807) is 0 Å². The Balaban J connectivity index is 2.63. The Morgan fingerprint density at radius 1 is 1.33 bits per heavy atom. The molecule has 1 heterocycles. The van der Waals surface area contributed by atoms with Gasteiger partial charge in [0, 0.05) is 0 Å². The number of alkyl halides is 1. The molecular formula is C6H12ClNO4. The van der Waals surface area contributed by atoms with E-state index in [4.69, 9.17) is 27.2 Å². The van der Waals surface area contributed by atoms with Gasteiger partial charge in [0.2, 0.25) is 0 Å². The lowest BCUT2D eigenvalue weighted by Gasteiger charge is -2.38. The first-order valence-corrected chi connectivity index (χ1v) is 4.03. The molecule has 0 radical (unpaired) electrons. The van der Waals surface area contributed by atoms with E-state index in [9.17, 15) is 10.2 Å². The van der Waals surface area contributed by atoms with Gasteiger partial charge < -0.3 is 25.8 Å². The molecule has 5 atom stereocenters. The SMILES string of the molecule is NC1C(Cl)OC(CO)C(O)C1O. The van der Waals surface area contributed by atoms with E-state index in [1.807, 2.05) is 0 Å². The Bertz CT molecular complexity index is 154. The highest BCUT2D eigenvalue weighted by Crippen LogP contribution is 2.21. The fourth-order valence-electron chi connectivity index (χ4n) is 1.09. The van der Waals surface area contributed by atoms with Gasteiger partial charge in [-0.3, -0.25) is 0 Å². The Labute approximate surface area is 74.7 Å². The zero-order valence-electron chi connectivity index (χ0n) is 6.30. The number of aliphatic hydroxyl groups excluding tert-OH is 3. The monoisotopic (exact) mass is 197 g/mol. The quantitative estimate of drug-likeness (QED) is 0.365. The van der Waals surface area contributed by atoms with E-state index in [-0.39, 0.29) is 0 Å². The van der Waals surface area contributed by atoms with E-state index in [2.05, 4.69) is 0 Å². The van der Waals surface area contributed by atoms with Gasteiger partial charge in [0.25, 0.3) is 0 Å². The van der Waals surface area contributed by atoms with Gasteiger partial charge >= 0.3 is 0 Å². The number of aliphatic hydroxyl groups is 3. The van der Waals surface area contributed by atoms with Crippen LogP contribution in [0.3, 0.4) is 0 Å². The van der Waals surface area contributed by atoms with Crippen molar-refractivity contribution in [2.45, 2.75) is 29.9 Å². The molecule has 1 rings (SSSR count). The molecular weight excluding hydrogens is 186 g/mol. The van der Waals surface area contributed by atoms with Crippen LogP contribution in [-0.4, -0.2) is 51.8 Å². The molecule has 1 fully saturated rings. The molecule has 6 heteroatoms. The normalized spacial score (nSPS) is 49.2. The first-order chi connectivity index (χ1) is 5.57. The summed E-state index contributed by atoms with van der Waals surface area (Å²) < 4.78 is 4.91. The lowest BCUT2D eigenvalue weighted by Crippen LogP contribution is -2.60. The van der Waals surface area contributed by atoms with Crippen LogP contribution < -0.4 is 5.73 Å². The first-order valence-electron chi connectivity index (χ1n) is 3.60. The standard InChI is InChI=1S/C6H12ClNO4/c7-6-3(8)5(11)4(10)2(1-9)12-6/h2-6,9-11H,1,8H2. The van der Waals surface area contributed by atoms with Crippen molar-refractivity contribution < 1.29 is 20.1 Å². The zero-order chi connectivity index (χ0) is 9.30. The average molecular weight is 198 g/mol. The summed E-state index contributed by atoms with van der Waals surface area (Å²) in [5.74, 6) is 0. The van der Waals surface area contributed by atoms with E-state index in [1.165, 1.54) is 0 Å². The zero-order valence-corrected chi connectivity index (χ0v) is 7.05. The minimum atomic E-state index is -1.18. The molecule has 72 valence electrons. The van der Waals surface area contributed by atoms with Crippen LogP contribution in [0.1, 0.15) is 0 Å². The van der Waals surface area contributed by atoms with Crippen molar-refractivity contribution >= 4 is 11.6 Å². The smallest absolute Gasteiger partial charge is 0.149 e. The van der Waals surface area contributed by atoms with Gasteiger partial charge in [0.1, 0.15) is 23.9 Å². The largest absolute Gasteiger partial charge is 0.394 e. The van der Waals surface area contributed by atoms with Gasteiger partial charge in [0.15, 0.2) is 0 Å². The number of ether oxygens (including phenoxy) is 1. The van der Waals surface area contributed by atoms with Crippen LogP contribution in [0, 0.1) is 0 Å². The average Bonchev–Trinajstić information content (AvgIpc) is 2.08. The summed E-state index contributed by atoms with van der Waals surface area (Å²) >= 11 is 5.57. The second-order valence-electron chi connectivity index (χ2n) is 2.77. The van der Waals surface area contributed by atoms with Crippen molar-refractivity contribution in [3.05, 3.63) is 0 Å². The maximum absolute atomic E-state index is 9.27. The molecule has 0 spiro atoms. The topological polar surface area (TPSA) is 95.9 Å². The molecule has 0 aromatic heterocycles. The fraction of sp³-hybridized carbons (Fsp3) is 1.00. The maximum atomic E-state index is 9.27. The molecule has 0 aliphatic carbocycles. The highest BCUT2D eigenvalue weighted by atomic mass is 35.5. The third-order valence-corrected chi connectivity index (χ3v) is 2.31. The van der Waals surface area contributed by atoms with E-state index >= 15 is 0 Å². The molecule has 1 aliphatic heterocycles. The van der Waals surface area contributed by atoms with Crippen molar-refractivity contribution in [3.63, 3.8) is 0 Å². The maximum Gasteiger partial charge on any atom is 0.149 e. The Hall–Kier alpha value is 0.0900. The van der Waals surface area contributed by atoms with Crippen LogP contribution in [0.15, 0.2) is 0 Å². The Morgan fingerprint density at radius 2 is 1.92 bits per heavy atom. The first kappa shape index (κ1) is 10.2. The highest BCUT2D eigenvalue weighted by molar-refractivity contribution is 6.20. The summed E-state index contributed by atoms with van der Waals surface area (Å²) in [6.07, 6.45) is -3.19. The highest BCUT2D eigenvalue weighted by Gasteiger charge is 2.41. The summed E-state index contributed by atoms with van der Waals surface area (Å²) in [4.78, 5) is 0. The molecule has 5 nitrogen and oxygen atoms in total. The molecule has 5 N–H and O–H groups in total. The number of nitrogens with two attached hydrogens (primary N) is 1. The molecule has 1 aliphatic rings. The van der Waals surface area contributed by atoms with Crippen molar-refractivity contribution in [1.82, 2.24) is 0 Å². The predicted molar refractivity (Wildman–Crippen MR) is 41.6 cm³/mol. The van der Waals surface area contributed by atoms with Crippen LogP contribution in [0.2, 0.25) is 0 Å². The molecule has 0 aromatic rings. The van der Waals surface area contributed by atoms with Crippen molar-refractivity contribution in [1.29, 1.82) is 0 Å². The second kappa shape index (κ2) is 3.87. The van der Waals surface area contributed by atoms with Gasteiger partial charge in [-0.25, -0.2) is 0 Å². The fourth-order valence-corrected chi connectivity index (χ4v) is 1.37. The minimum Gasteiger partial charge on any atom is -0.394 e. The van der Waals surface area contributed by atoms with Gasteiger partial charge in [-0.1, -0.05) is 11.6 Å². The van der Waals surface area contributed by atoms with Crippen molar-refractivity contribution in [3.8, 4) is 0 Å². The molecule has 0 aromatic carbocycles. The van der Waals surface area contributed by atoms with E-state index < -0.39 is 36.5 Å². The lowest BCUT2D eigenvalue weighted by atomic mass is 9.99. The van der Waals surface area contributed by atoms with Gasteiger partial charge in [0.05, 0.1) is 12.6 Å². The molecule has 1 saturated heterocycles. The lowest BCUT2D eigenvalue weighted by molar-refractivity contribution is -0.167. The molecule has 0 amide bonds. The molecule has 12 heavy (non-hydrogen) atoms. The summed E-state index contributed by atoms with van der Waals surface area (Å²) in [6, 6.07) is -0.829. The summed E-state index contributed by atoms with van der Waals surface area (Å²) in [7, 11) is 0. The van der Waals surface area contributed by atoms with Crippen LogP contribution in [0.5, 0.6) is 0 Å². The number of hydrogen-bond donors (Lipinski definition) is 4. The predicted octanol–water partition coefficient (Wildman–Crippen LogP) is -2.01. The summed E-state index contributed by atoms with van der Waals surface area (Å²) in [5, 5.41) is 27.2.